The van der Waals surface area contributed by atoms with Gasteiger partial charge in [0.2, 0.25) is 0 Å². The average molecular weight is 424 g/mol. The minimum atomic E-state index is -0.586. The number of hydrogen-bond donors (Lipinski definition) is 1. The number of ether oxygens (including phenoxy) is 1. The molecule has 1 N–H and O–H groups in total. The van der Waals surface area contributed by atoms with Crippen LogP contribution in [0.1, 0.15) is 32.4 Å². The zero-order chi connectivity index (χ0) is 16.5. The minimum Gasteiger partial charge on any atom is -0.444 e. The number of piperazine rings is 1. The molecule has 0 aliphatic carbocycles. The van der Waals surface area contributed by atoms with Crippen LogP contribution < -0.4 is 5.32 Å². The van der Waals surface area contributed by atoms with Crippen molar-refractivity contribution in [2.24, 2.45) is 0 Å². The topological polar surface area (TPSA) is 41.6 Å². The molecule has 1 saturated heterocycles. The zero-order valence-electron chi connectivity index (χ0n) is 12.8. The maximum atomic E-state index is 14.1. The molecule has 1 unspecified atom stereocenters. The molecule has 22 heavy (non-hydrogen) atoms. The molecule has 2 rings (SSSR count). The van der Waals surface area contributed by atoms with E-state index >= 15 is 0 Å². The van der Waals surface area contributed by atoms with Crippen LogP contribution >= 0.6 is 22.6 Å². The molecule has 0 aromatic heterocycles. The van der Waals surface area contributed by atoms with E-state index in [0.717, 1.165) is 0 Å². The fourth-order valence-corrected chi connectivity index (χ4v) is 2.68. The monoisotopic (exact) mass is 424 g/mol. The third-order valence-corrected chi connectivity index (χ3v) is 4.07. The first kappa shape index (κ1) is 17.4. The Hall–Kier alpha value is -0.960. The molecule has 1 aromatic carbocycles. The molecule has 0 saturated carbocycles. The van der Waals surface area contributed by atoms with Gasteiger partial charge < -0.3 is 15.0 Å². The van der Waals surface area contributed by atoms with Crippen molar-refractivity contribution in [3.63, 3.8) is 0 Å². The predicted octanol–water partition coefficient (Wildman–Crippen LogP) is 3.45. The van der Waals surface area contributed by atoms with E-state index in [1.54, 1.807) is 43.4 Å². The van der Waals surface area contributed by atoms with Gasteiger partial charge >= 0.3 is 6.09 Å². The van der Waals surface area contributed by atoms with Gasteiger partial charge in [-0.2, -0.15) is 0 Å². The van der Waals surface area contributed by atoms with Crippen molar-refractivity contribution < 1.29 is 18.3 Å². The first-order valence-corrected chi connectivity index (χ1v) is 8.11. The van der Waals surface area contributed by atoms with Gasteiger partial charge in [-0.15, -0.1) is 0 Å². The minimum absolute atomic E-state index is 0.228. The van der Waals surface area contributed by atoms with Crippen LogP contribution in [-0.2, 0) is 4.74 Å². The highest BCUT2D eigenvalue weighted by Crippen LogP contribution is 2.25. The van der Waals surface area contributed by atoms with Crippen LogP contribution in [-0.4, -0.2) is 36.2 Å². The first-order chi connectivity index (χ1) is 10.2. The molecule has 1 heterocycles. The number of nitrogens with one attached hydrogen (secondary N) is 1. The van der Waals surface area contributed by atoms with Crippen molar-refractivity contribution in [2.45, 2.75) is 32.4 Å². The Morgan fingerprint density at radius 1 is 1.36 bits per heavy atom. The van der Waals surface area contributed by atoms with Gasteiger partial charge in [0, 0.05) is 25.2 Å². The molecule has 1 aliphatic rings. The van der Waals surface area contributed by atoms with Crippen LogP contribution in [0.2, 0.25) is 0 Å². The molecule has 1 fully saturated rings. The molecule has 0 radical (unpaired) electrons. The van der Waals surface area contributed by atoms with E-state index in [-0.39, 0.29) is 15.7 Å². The van der Waals surface area contributed by atoms with E-state index in [4.69, 9.17) is 4.74 Å². The summed E-state index contributed by atoms with van der Waals surface area (Å²) in [4.78, 5) is 13.6. The fraction of sp³-hybridized carbons (Fsp3) is 0.533. The maximum Gasteiger partial charge on any atom is 0.410 e. The van der Waals surface area contributed by atoms with Crippen LogP contribution in [0.3, 0.4) is 0 Å². The lowest BCUT2D eigenvalue weighted by atomic mass is 10.0. The molecule has 0 spiro atoms. The zero-order valence-corrected chi connectivity index (χ0v) is 14.9. The van der Waals surface area contributed by atoms with Gasteiger partial charge in [-0.05, 0) is 55.5 Å². The van der Waals surface area contributed by atoms with Crippen LogP contribution in [0.15, 0.2) is 12.1 Å². The summed E-state index contributed by atoms with van der Waals surface area (Å²) < 4.78 is 33.3. The fourth-order valence-electron chi connectivity index (χ4n) is 2.26. The number of rotatable bonds is 1. The van der Waals surface area contributed by atoms with Crippen molar-refractivity contribution in [1.82, 2.24) is 10.2 Å². The SMILES string of the molecule is CC(C)(C)OC(=O)N1CCNC(c2cc(F)c(I)cc2F)C1. The number of carbonyl (C=O) groups is 1. The van der Waals surface area contributed by atoms with E-state index in [1.165, 1.54) is 17.0 Å². The highest BCUT2D eigenvalue weighted by atomic mass is 127. The molecule has 1 amide bonds. The summed E-state index contributed by atoms with van der Waals surface area (Å²) in [6.07, 6.45) is -0.439. The van der Waals surface area contributed by atoms with Crippen molar-refractivity contribution in [2.75, 3.05) is 19.6 Å². The van der Waals surface area contributed by atoms with E-state index in [1.807, 2.05) is 0 Å². The molecule has 1 atom stereocenters. The largest absolute Gasteiger partial charge is 0.444 e. The smallest absolute Gasteiger partial charge is 0.410 e. The third kappa shape index (κ3) is 4.28. The number of carbonyl (C=O) groups excluding carboxylic acids is 1. The molecular formula is C15H19F2IN2O2. The number of amides is 1. The Morgan fingerprint density at radius 3 is 2.68 bits per heavy atom. The summed E-state index contributed by atoms with van der Waals surface area (Å²) in [5.41, 5.74) is -0.358. The summed E-state index contributed by atoms with van der Waals surface area (Å²) in [5, 5.41) is 3.11. The lowest BCUT2D eigenvalue weighted by Crippen LogP contribution is -2.49. The molecule has 1 aliphatic heterocycles. The Kier molecular flexibility index (Phi) is 5.26. The second kappa shape index (κ2) is 6.66. The van der Waals surface area contributed by atoms with Gasteiger partial charge in [0.1, 0.15) is 17.2 Å². The Balaban J connectivity index is 2.14. The summed E-state index contributed by atoms with van der Waals surface area (Å²) in [6.45, 7) is 6.58. The van der Waals surface area contributed by atoms with Crippen LogP contribution in [0.25, 0.3) is 0 Å². The first-order valence-electron chi connectivity index (χ1n) is 7.03. The quantitative estimate of drug-likeness (QED) is 0.555. The molecule has 0 bridgehead atoms. The number of nitrogens with zero attached hydrogens (tertiary/aromatic N) is 1. The van der Waals surface area contributed by atoms with E-state index in [9.17, 15) is 13.6 Å². The lowest BCUT2D eigenvalue weighted by Gasteiger charge is -2.35. The second-order valence-corrected chi connectivity index (χ2v) is 7.38. The summed E-state index contributed by atoms with van der Waals surface area (Å²) in [5.74, 6) is -0.942. The van der Waals surface area contributed by atoms with Crippen molar-refractivity contribution in [1.29, 1.82) is 0 Å². The number of halogens is 3. The average Bonchev–Trinajstić information content (AvgIpc) is 2.41. The van der Waals surface area contributed by atoms with Crippen molar-refractivity contribution in [3.8, 4) is 0 Å². The van der Waals surface area contributed by atoms with Crippen molar-refractivity contribution >= 4 is 28.7 Å². The molecule has 1 aromatic rings. The van der Waals surface area contributed by atoms with Gasteiger partial charge in [0.05, 0.1) is 9.61 Å². The van der Waals surface area contributed by atoms with Gasteiger partial charge in [0.25, 0.3) is 0 Å². The summed E-state index contributed by atoms with van der Waals surface area (Å²) >= 11 is 1.75. The Morgan fingerprint density at radius 2 is 2.05 bits per heavy atom. The van der Waals surface area contributed by atoms with Crippen LogP contribution in [0.4, 0.5) is 13.6 Å². The van der Waals surface area contributed by atoms with E-state index in [0.29, 0.717) is 13.1 Å². The third-order valence-electron chi connectivity index (χ3n) is 3.24. The molecule has 7 heteroatoms. The van der Waals surface area contributed by atoms with Gasteiger partial charge in [0.15, 0.2) is 0 Å². The summed E-state index contributed by atoms with van der Waals surface area (Å²) in [6, 6.07) is 1.90. The number of benzene rings is 1. The normalized spacial score (nSPS) is 19.2. The van der Waals surface area contributed by atoms with Gasteiger partial charge in [-0.3, -0.25) is 0 Å². The highest BCUT2D eigenvalue weighted by Gasteiger charge is 2.29. The van der Waals surface area contributed by atoms with Gasteiger partial charge in [-0.1, -0.05) is 0 Å². The summed E-state index contributed by atoms with van der Waals surface area (Å²) in [7, 11) is 0. The maximum absolute atomic E-state index is 14.1. The lowest BCUT2D eigenvalue weighted by molar-refractivity contribution is 0.0193. The van der Waals surface area contributed by atoms with Gasteiger partial charge in [-0.25, -0.2) is 13.6 Å². The highest BCUT2D eigenvalue weighted by molar-refractivity contribution is 14.1. The van der Waals surface area contributed by atoms with Crippen LogP contribution in [0.5, 0.6) is 0 Å². The molecular weight excluding hydrogens is 405 g/mol. The number of hydrogen-bond acceptors (Lipinski definition) is 3. The van der Waals surface area contributed by atoms with E-state index in [2.05, 4.69) is 5.32 Å². The molecule has 4 nitrogen and oxygen atoms in total. The second-order valence-electron chi connectivity index (χ2n) is 6.22. The Bertz CT molecular complexity index is 575. The van der Waals surface area contributed by atoms with Crippen LogP contribution in [0, 0.1) is 15.2 Å². The standard InChI is InChI=1S/C15H19F2IN2O2/c1-15(2,3)22-14(21)20-5-4-19-13(8-20)9-6-11(17)12(18)7-10(9)16/h6-7,13,19H,4-5,8H2,1-3H3. The van der Waals surface area contributed by atoms with E-state index < -0.39 is 29.4 Å². The molecule has 122 valence electrons. The predicted molar refractivity (Wildman–Crippen MR) is 87.6 cm³/mol. The Labute approximate surface area is 142 Å². The van der Waals surface area contributed by atoms with Crippen molar-refractivity contribution in [3.05, 3.63) is 32.9 Å².